The van der Waals surface area contributed by atoms with Crippen LogP contribution < -0.4 is 5.73 Å². The Bertz CT molecular complexity index is 732. The summed E-state index contributed by atoms with van der Waals surface area (Å²) in [5.41, 5.74) is 5.78. The fourth-order valence-corrected chi connectivity index (χ4v) is 5.74. The third-order valence-corrected chi connectivity index (χ3v) is 7.68. The van der Waals surface area contributed by atoms with E-state index in [2.05, 4.69) is 0 Å². The number of sulfonamides is 1. The van der Waals surface area contributed by atoms with Crippen molar-refractivity contribution in [2.24, 2.45) is 17.6 Å². The Labute approximate surface area is 154 Å². The summed E-state index contributed by atoms with van der Waals surface area (Å²) in [6.45, 7) is 1.95. The maximum absolute atomic E-state index is 12.8. The highest BCUT2D eigenvalue weighted by atomic mass is 35.5. The van der Waals surface area contributed by atoms with Gasteiger partial charge in [-0.05, 0) is 37.4 Å². The van der Waals surface area contributed by atoms with Crippen molar-refractivity contribution in [3.05, 3.63) is 29.3 Å². The molecule has 6 nitrogen and oxygen atoms in total. The zero-order chi connectivity index (χ0) is 18.0. The van der Waals surface area contributed by atoms with Crippen LogP contribution in [0.3, 0.4) is 0 Å². The fourth-order valence-electron chi connectivity index (χ4n) is 3.82. The first kappa shape index (κ1) is 18.6. The van der Waals surface area contributed by atoms with Gasteiger partial charge in [0.1, 0.15) is 4.90 Å². The van der Waals surface area contributed by atoms with Gasteiger partial charge in [-0.1, -0.05) is 30.2 Å². The average molecular weight is 386 g/mol. The van der Waals surface area contributed by atoms with Crippen molar-refractivity contribution in [1.82, 2.24) is 9.21 Å². The Morgan fingerprint density at radius 2 is 1.84 bits per heavy atom. The molecular weight excluding hydrogens is 362 g/mol. The molecule has 1 amide bonds. The van der Waals surface area contributed by atoms with Gasteiger partial charge in [0.15, 0.2) is 0 Å². The molecule has 0 aromatic heterocycles. The summed E-state index contributed by atoms with van der Waals surface area (Å²) < 4.78 is 26.9. The second-order valence-electron chi connectivity index (χ2n) is 6.69. The van der Waals surface area contributed by atoms with Gasteiger partial charge in [-0.2, -0.15) is 4.31 Å². The molecule has 8 heteroatoms. The molecule has 3 rings (SSSR count). The number of carbonyl (C=O) groups excluding carboxylic acids is 1. The molecule has 2 aliphatic rings. The fraction of sp³-hybridized carbons (Fsp3) is 0.588. The molecule has 1 saturated carbocycles. The van der Waals surface area contributed by atoms with Crippen molar-refractivity contribution >= 4 is 27.5 Å². The van der Waals surface area contributed by atoms with Crippen molar-refractivity contribution in [2.75, 3.05) is 32.7 Å². The number of carbonyl (C=O) groups is 1. The molecule has 0 spiro atoms. The van der Waals surface area contributed by atoms with E-state index in [1.165, 1.54) is 10.4 Å². The van der Waals surface area contributed by atoms with Crippen molar-refractivity contribution in [3.8, 4) is 0 Å². The Morgan fingerprint density at radius 1 is 1.16 bits per heavy atom. The molecule has 2 fully saturated rings. The van der Waals surface area contributed by atoms with E-state index in [4.69, 9.17) is 17.3 Å². The van der Waals surface area contributed by atoms with Crippen molar-refractivity contribution < 1.29 is 13.2 Å². The molecular formula is C17H24ClN3O3S. The summed E-state index contributed by atoms with van der Waals surface area (Å²) >= 11 is 6.04. The summed E-state index contributed by atoms with van der Waals surface area (Å²) in [4.78, 5) is 14.6. The molecule has 0 radical (unpaired) electrons. The van der Waals surface area contributed by atoms with E-state index in [0.717, 1.165) is 19.3 Å². The molecule has 1 heterocycles. The molecule has 2 atom stereocenters. The molecule has 1 saturated heterocycles. The zero-order valence-electron chi connectivity index (χ0n) is 14.1. The highest BCUT2D eigenvalue weighted by Crippen LogP contribution is 2.33. The molecule has 1 aliphatic heterocycles. The second-order valence-corrected chi connectivity index (χ2v) is 9.01. The lowest BCUT2D eigenvalue weighted by molar-refractivity contribution is -0.137. The normalized spacial score (nSPS) is 25.3. The smallest absolute Gasteiger partial charge is 0.244 e. The van der Waals surface area contributed by atoms with E-state index in [1.54, 1.807) is 23.1 Å². The van der Waals surface area contributed by atoms with Crippen LogP contribution in [-0.4, -0.2) is 56.3 Å². The first-order valence-corrected chi connectivity index (χ1v) is 10.5. The minimum absolute atomic E-state index is 0.00303. The lowest BCUT2D eigenvalue weighted by Gasteiger charge is -2.36. The molecule has 1 aliphatic carbocycles. The van der Waals surface area contributed by atoms with Gasteiger partial charge in [0, 0.05) is 32.1 Å². The number of hydrogen-bond donors (Lipinski definition) is 1. The van der Waals surface area contributed by atoms with E-state index >= 15 is 0 Å². The van der Waals surface area contributed by atoms with Gasteiger partial charge in [0.05, 0.1) is 5.02 Å². The van der Waals surface area contributed by atoms with Gasteiger partial charge in [0.25, 0.3) is 0 Å². The summed E-state index contributed by atoms with van der Waals surface area (Å²) in [6, 6.07) is 6.44. The third kappa shape index (κ3) is 3.69. The molecule has 138 valence electrons. The van der Waals surface area contributed by atoms with Gasteiger partial charge in [-0.3, -0.25) is 4.79 Å². The van der Waals surface area contributed by atoms with Crippen LogP contribution in [0.2, 0.25) is 5.02 Å². The van der Waals surface area contributed by atoms with Crippen LogP contribution in [-0.2, 0) is 14.8 Å². The highest BCUT2D eigenvalue weighted by molar-refractivity contribution is 7.89. The van der Waals surface area contributed by atoms with Gasteiger partial charge < -0.3 is 10.6 Å². The number of piperazine rings is 1. The van der Waals surface area contributed by atoms with E-state index in [1.807, 2.05) is 0 Å². The predicted molar refractivity (Wildman–Crippen MR) is 96.7 cm³/mol. The largest absolute Gasteiger partial charge is 0.340 e. The van der Waals surface area contributed by atoms with Crippen LogP contribution in [0.25, 0.3) is 0 Å². The molecule has 1 aromatic carbocycles. The maximum atomic E-state index is 12.8. The number of halogens is 1. The maximum Gasteiger partial charge on any atom is 0.244 e. The summed E-state index contributed by atoms with van der Waals surface area (Å²) in [5, 5.41) is 0.220. The number of benzene rings is 1. The van der Waals surface area contributed by atoms with Gasteiger partial charge in [-0.25, -0.2) is 8.42 Å². The third-order valence-electron chi connectivity index (χ3n) is 5.28. The average Bonchev–Trinajstić information content (AvgIpc) is 3.10. The Kier molecular flexibility index (Phi) is 5.68. The molecule has 1 aromatic rings. The van der Waals surface area contributed by atoms with Crippen LogP contribution in [0.1, 0.15) is 19.3 Å². The quantitative estimate of drug-likeness (QED) is 0.852. The summed E-state index contributed by atoms with van der Waals surface area (Å²) in [6.07, 6.45) is 2.94. The zero-order valence-corrected chi connectivity index (χ0v) is 15.7. The minimum Gasteiger partial charge on any atom is -0.340 e. The first-order valence-electron chi connectivity index (χ1n) is 8.68. The number of rotatable bonds is 4. The van der Waals surface area contributed by atoms with Crippen molar-refractivity contribution in [3.63, 3.8) is 0 Å². The summed E-state index contributed by atoms with van der Waals surface area (Å²) in [5.74, 6) is 0.386. The monoisotopic (exact) mass is 385 g/mol. The molecule has 0 unspecified atom stereocenters. The van der Waals surface area contributed by atoms with Crippen LogP contribution >= 0.6 is 11.6 Å². The Hall–Kier alpha value is -1.15. The minimum atomic E-state index is -3.63. The molecule has 25 heavy (non-hydrogen) atoms. The first-order chi connectivity index (χ1) is 11.9. The van der Waals surface area contributed by atoms with Crippen LogP contribution in [0.4, 0.5) is 0 Å². The topological polar surface area (TPSA) is 83.7 Å². The van der Waals surface area contributed by atoms with Crippen LogP contribution in [0.5, 0.6) is 0 Å². The van der Waals surface area contributed by atoms with Gasteiger partial charge in [0.2, 0.25) is 15.9 Å². The molecule has 0 bridgehead atoms. The van der Waals surface area contributed by atoms with E-state index in [0.29, 0.717) is 32.7 Å². The number of hydrogen-bond acceptors (Lipinski definition) is 4. The number of nitrogens with two attached hydrogens (primary N) is 1. The highest BCUT2D eigenvalue weighted by Gasteiger charge is 2.37. The molecule has 2 N–H and O–H groups in total. The predicted octanol–water partition coefficient (Wildman–Crippen LogP) is 1.55. The standard InChI is InChI=1S/C17H24ClN3O3S/c18-15-6-1-2-7-16(15)25(23,24)21-10-8-20(9-11-21)17(22)14-5-3-4-13(14)12-19/h1-2,6-7,13-14H,3-5,8-12,19H2/t13-,14-/m1/s1. The van der Waals surface area contributed by atoms with E-state index in [-0.39, 0.29) is 27.7 Å². The number of amides is 1. The second kappa shape index (κ2) is 7.61. The number of nitrogens with zero attached hydrogens (tertiary/aromatic N) is 2. The van der Waals surface area contributed by atoms with Gasteiger partial charge >= 0.3 is 0 Å². The lowest BCUT2D eigenvalue weighted by Crippen LogP contribution is -2.52. The Balaban J connectivity index is 1.66. The van der Waals surface area contributed by atoms with Crippen LogP contribution in [0.15, 0.2) is 29.2 Å². The lowest BCUT2D eigenvalue weighted by atomic mass is 9.94. The van der Waals surface area contributed by atoms with Gasteiger partial charge in [-0.15, -0.1) is 0 Å². The van der Waals surface area contributed by atoms with E-state index in [9.17, 15) is 13.2 Å². The van der Waals surface area contributed by atoms with Crippen LogP contribution in [0, 0.1) is 11.8 Å². The van der Waals surface area contributed by atoms with E-state index < -0.39 is 10.0 Å². The van der Waals surface area contributed by atoms with Crippen molar-refractivity contribution in [2.45, 2.75) is 24.2 Å². The SMILES string of the molecule is NC[C@H]1CCC[C@H]1C(=O)N1CCN(S(=O)(=O)c2ccccc2Cl)CC1. The Morgan fingerprint density at radius 3 is 2.48 bits per heavy atom. The van der Waals surface area contributed by atoms with Crippen molar-refractivity contribution in [1.29, 1.82) is 0 Å². The summed E-state index contributed by atoms with van der Waals surface area (Å²) in [7, 11) is -3.63.